The van der Waals surface area contributed by atoms with Crippen molar-refractivity contribution in [1.29, 1.82) is 0 Å². The van der Waals surface area contributed by atoms with Crippen LogP contribution in [0, 0.1) is 0 Å². The monoisotopic (exact) mass is 154 g/mol. The molecule has 38 valence electrons. The van der Waals surface area contributed by atoms with Crippen LogP contribution in [-0.4, -0.2) is 5.14 Å². The van der Waals surface area contributed by atoms with Gasteiger partial charge in [-0.3, -0.25) is 13.7 Å². The number of hydrogen-bond donors (Lipinski definition) is 0. The van der Waals surface area contributed by atoms with Crippen molar-refractivity contribution in [2.24, 2.45) is 0 Å². The van der Waals surface area contributed by atoms with Gasteiger partial charge in [-0.1, -0.05) is 0 Å². The molecule has 0 N–H and O–H groups in total. The van der Waals surface area contributed by atoms with E-state index < -0.39 is 5.14 Å². The van der Waals surface area contributed by atoms with Gasteiger partial charge in [0.25, 0.3) is 0 Å². The lowest BCUT2D eigenvalue weighted by Crippen LogP contribution is -1.61. The molecule has 0 aliphatic heterocycles. The molecule has 0 amide bonds. The minimum atomic E-state index is -0.764. The van der Waals surface area contributed by atoms with Gasteiger partial charge in [0.2, 0.25) is 0 Å². The zero-order chi connectivity index (χ0) is 5.70. The Hall–Kier alpha value is 0.300. The van der Waals surface area contributed by atoms with Crippen LogP contribution in [0.1, 0.15) is 0 Å². The first-order chi connectivity index (χ1) is 3.35. The highest BCUT2D eigenvalue weighted by atomic mass is 31.2. The van der Waals surface area contributed by atoms with Crippen molar-refractivity contribution in [2.45, 2.75) is 5.14 Å². The Morgan fingerprint density at radius 2 is 1.14 bits per heavy atom. The van der Waals surface area contributed by atoms with Crippen LogP contribution in [0.4, 0.5) is 0 Å². The third-order valence-electron chi connectivity index (χ3n) is 0.283. The summed E-state index contributed by atoms with van der Waals surface area (Å²) >= 11 is 0. The molecule has 7 heavy (non-hydrogen) atoms. The van der Waals surface area contributed by atoms with Crippen LogP contribution >= 0.6 is 25.4 Å². The first kappa shape index (κ1) is 7.30. The molecule has 0 spiro atoms. The molecule has 0 radical (unpaired) electrons. The highest BCUT2D eigenvalue weighted by Crippen LogP contribution is 2.28. The standard InChI is InChI=1S/CHO3P3/c2-5-1(6-3)7-4/h1H. The highest BCUT2D eigenvalue weighted by molar-refractivity contribution is 7.61. The van der Waals surface area contributed by atoms with Gasteiger partial charge in [-0.15, -0.1) is 0 Å². The molecule has 0 bridgehead atoms. The maximum Gasteiger partial charge on any atom is 0.199 e. The summed E-state index contributed by atoms with van der Waals surface area (Å²) in [5, 5.41) is -0.764. The molecule has 6 heteroatoms. The maximum absolute atomic E-state index is 9.65. The first-order valence-electron chi connectivity index (χ1n) is 1.32. The van der Waals surface area contributed by atoms with Crippen LogP contribution in [0.15, 0.2) is 0 Å². The third-order valence-corrected chi connectivity index (χ3v) is 2.55. The molecule has 0 unspecified atom stereocenters. The second kappa shape index (κ2) is 4.46. The lowest BCUT2D eigenvalue weighted by molar-refractivity contribution is 0.587. The van der Waals surface area contributed by atoms with E-state index in [2.05, 4.69) is 0 Å². The predicted octanol–water partition coefficient (Wildman–Crippen LogP) is 2.15. The second-order valence-electron chi connectivity index (χ2n) is 0.663. The van der Waals surface area contributed by atoms with Gasteiger partial charge in [0.1, 0.15) is 0 Å². The van der Waals surface area contributed by atoms with Gasteiger partial charge in [-0.2, -0.15) is 0 Å². The fraction of sp³-hybridized carbons (Fsp3) is 1.00. The van der Waals surface area contributed by atoms with Crippen LogP contribution < -0.4 is 0 Å². The summed E-state index contributed by atoms with van der Waals surface area (Å²) in [6.45, 7) is 0. The van der Waals surface area contributed by atoms with Gasteiger partial charge < -0.3 is 0 Å². The number of rotatable bonds is 3. The van der Waals surface area contributed by atoms with Crippen molar-refractivity contribution >= 4 is 25.4 Å². The van der Waals surface area contributed by atoms with Crippen LogP contribution in [-0.2, 0) is 13.7 Å². The Kier molecular flexibility index (Phi) is 4.65. The maximum atomic E-state index is 9.65. The van der Waals surface area contributed by atoms with Crippen molar-refractivity contribution in [3.8, 4) is 0 Å². The van der Waals surface area contributed by atoms with Crippen LogP contribution in [0.3, 0.4) is 0 Å². The van der Waals surface area contributed by atoms with Gasteiger partial charge in [0, 0.05) is 0 Å². The van der Waals surface area contributed by atoms with Crippen LogP contribution in [0.25, 0.3) is 0 Å². The SMILES string of the molecule is O=PC(P=O)P=O. The summed E-state index contributed by atoms with van der Waals surface area (Å²) in [5.74, 6) is 0. The van der Waals surface area contributed by atoms with E-state index in [-0.39, 0.29) is 25.4 Å². The van der Waals surface area contributed by atoms with E-state index >= 15 is 0 Å². The first-order valence-corrected chi connectivity index (χ1v) is 3.97. The summed E-state index contributed by atoms with van der Waals surface area (Å²) in [4.78, 5) is 0. The number of hydrogen-bond acceptors (Lipinski definition) is 3. The zero-order valence-corrected chi connectivity index (χ0v) is 5.83. The second-order valence-corrected chi connectivity index (χ2v) is 4.07. The average Bonchev–Trinajstić information content (AvgIpc) is 1.72. The highest BCUT2D eigenvalue weighted by Gasteiger charge is 2.04. The van der Waals surface area contributed by atoms with Gasteiger partial charge in [-0.25, -0.2) is 0 Å². The quantitative estimate of drug-likeness (QED) is 0.585. The van der Waals surface area contributed by atoms with Crippen molar-refractivity contribution in [2.75, 3.05) is 0 Å². The van der Waals surface area contributed by atoms with E-state index in [1.54, 1.807) is 0 Å². The Balaban J connectivity index is 3.57. The van der Waals surface area contributed by atoms with Crippen molar-refractivity contribution in [3.05, 3.63) is 0 Å². The minimum Gasteiger partial charge on any atom is -0.273 e. The molecule has 0 heterocycles. The summed E-state index contributed by atoms with van der Waals surface area (Å²) in [5.41, 5.74) is 0. The summed E-state index contributed by atoms with van der Waals surface area (Å²) < 4.78 is 29.0. The van der Waals surface area contributed by atoms with Gasteiger partial charge in [0.05, 0.1) is 0 Å². The van der Waals surface area contributed by atoms with Crippen LogP contribution in [0.2, 0.25) is 0 Å². The summed E-state index contributed by atoms with van der Waals surface area (Å²) in [6.07, 6.45) is 0. The Morgan fingerprint density at radius 1 is 0.857 bits per heavy atom. The molecule has 0 saturated heterocycles. The lowest BCUT2D eigenvalue weighted by Gasteiger charge is -1.72. The molecule has 0 rings (SSSR count). The molecular weight excluding hydrogens is 153 g/mol. The molecule has 0 aromatic carbocycles. The molecule has 0 fully saturated rings. The van der Waals surface area contributed by atoms with E-state index in [0.717, 1.165) is 0 Å². The Morgan fingerprint density at radius 3 is 1.14 bits per heavy atom. The van der Waals surface area contributed by atoms with E-state index in [1.165, 1.54) is 0 Å². The van der Waals surface area contributed by atoms with Crippen molar-refractivity contribution < 1.29 is 13.7 Å². The average molecular weight is 154 g/mol. The van der Waals surface area contributed by atoms with E-state index in [1.807, 2.05) is 0 Å². The minimum absolute atomic E-state index is 0.340. The molecule has 0 aliphatic rings. The normalized spacial score (nSPS) is 15.4. The summed E-state index contributed by atoms with van der Waals surface area (Å²) in [6, 6.07) is 0. The molecule has 0 atom stereocenters. The molecule has 0 aromatic heterocycles. The van der Waals surface area contributed by atoms with Crippen molar-refractivity contribution in [3.63, 3.8) is 0 Å². The van der Waals surface area contributed by atoms with Crippen LogP contribution in [0.5, 0.6) is 0 Å². The van der Waals surface area contributed by atoms with Gasteiger partial charge in [-0.05, 0) is 0 Å². The van der Waals surface area contributed by atoms with E-state index in [0.29, 0.717) is 0 Å². The molecule has 0 aliphatic carbocycles. The van der Waals surface area contributed by atoms with E-state index in [4.69, 9.17) is 0 Å². The van der Waals surface area contributed by atoms with Crippen molar-refractivity contribution in [1.82, 2.24) is 0 Å². The molecule has 0 saturated carbocycles. The fourth-order valence-electron chi connectivity index (χ4n) is 0.0577. The lowest BCUT2D eigenvalue weighted by atomic mass is 11.9. The smallest absolute Gasteiger partial charge is 0.199 e. The van der Waals surface area contributed by atoms with E-state index in [9.17, 15) is 13.7 Å². The fourth-order valence-corrected chi connectivity index (χ4v) is 0.520. The molecule has 0 aromatic rings. The Bertz CT molecular complexity index is 71.2. The molecule has 3 nitrogen and oxygen atoms in total. The van der Waals surface area contributed by atoms with Gasteiger partial charge in [0.15, 0.2) is 30.5 Å². The third kappa shape index (κ3) is 2.93. The summed E-state index contributed by atoms with van der Waals surface area (Å²) in [7, 11) is -1.02. The topological polar surface area (TPSA) is 51.2 Å². The largest absolute Gasteiger partial charge is 0.273 e. The Labute approximate surface area is 45.1 Å². The molecular formula is CHO3P3. The predicted molar refractivity (Wildman–Crippen MR) is 26.6 cm³/mol. The zero-order valence-electron chi connectivity index (χ0n) is 3.14. The van der Waals surface area contributed by atoms with Gasteiger partial charge >= 0.3 is 0 Å².